The molecule has 2 aromatic carbocycles. The summed E-state index contributed by atoms with van der Waals surface area (Å²) in [5.41, 5.74) is -0.599. The Labute approximate surface area is 180 Å². The van der Waals surface area contributed by atoms with Gasteiger partial charge >= 0.3 is 6.18 Å². The minimum Gasteiger partial charge on any atom is -0.351 e. The number of nitrogens with one attached hydrogen (secondary N) is 2. The van der Waals surface area contributed by atoms with Crippen molar-refractivity contribution < 1.29 is 31.3 Å². The third-order valence-electron chi connectivity index (χ3n) is 4.02. The van der Waals surface area contributed by atoms with Gasteiger partial charge in [0.1, 0.15) is 0 Å². The molecule has 0 heterocycles. The Morgan fingerprint density at radius 1 is 1.13 bits per heavy atom. The summed E-state index contributed by atoms with van der Waals surface area (Å²) in [4.78, 5) is 22.1. The number of benzene rings is 2. The molecule has 0 bridgehead atoms. The fourth-order valence-corrected chi connectivity index (χ4v) is 4.01. The number of rotatable bonds is 9. The zero-order valence-electron chi connectivity index (χ0n) is 16.1. The zero-order chi connectivity index (χ0) is 23.2. The van der Waals surface area contributed by atoms with Crippen molar-refractivity contribution in [1.82, 2.24) is 10.0 Å². The molecule has 2 rings (SSSR count). The van der Waals surface area contributed by atoms with Gasteiger partial charge in [0, 0.05) is 12.6 Å². The van der Waals surface area contributed by atoms with Crippen molar-refractivity contribution in [3.63, 3.8) is 0 Å². The van der Waals surface area contributed by atoms with Crippen LogP contribution in [-0.4, -0.2) is 32.0 Å². The molecule has 168 valence electrons. The number of halogens is 3. The van der Waals surface area contributed by atoms with Crippen LogP contribution < -0.4 is 10.0 Å². The van der Waals surface area contributed by atoms with E-state index in [9.17, 15) is 36.5 Å². The van der Waals surface area contributed by atoms with Crippen LogP contribution >= 0.6 is 11.8 Å². The SMILES string of the molecule is CNS(=O)(=O)Cc1ccc(CNC(=O)CSc2ccc(C(F)(F)F)cc2[N+](=O)[O-])cc1. The summed E-state index contributed by atoms with van der Waals surface area (Å²) < 4.78 is 63.5. The van der Waals surface area contributed by atoms with E-state index in [1.54, 1.807) is 24.3 Å². The first-order chi connectivity index (χ1) is 14.4. The number of hydrogen-bond donors (Lipinski definition) is 2. The molecule has 1 amide bonds. The molecule has 0 atom stereocenters. The lowest BCUT2D eigenvalue weighted by molar-refractivity contribution is -0.388. The van der Waals surface area contributed by atoms with Crippen LogP contribution in [0.1, 0.15) is 16.7 Å². The number of alkyl halides is 3. The molecule has 0 saturated carbocycles. The van der Waals surface area contributed by atoms with Gasteiger partial charge in [-0.3, -0.25) is 14.9 Å². The fourth-order valence-electron chi connectivity index (χ4n) is 2.40. The number of amides is 1. The van der Waals surface area contributed by atoms with Gasteiger partial charge in [0.05, 0.1) is 26.9 Å². The Morgan fingerprint density at radius 3 is 2.29 bits per heavy atom. The predicted octanol–water partition coefficient (Wildman–Crippen LogP) is 3.07. The number of nitro groups is 1. The molecule has 13 heteroatoms. The molecule has 0 unspecified atom stereocenters. The summed E-state index contributed by atoms with van der Waals surface area (Å²) >= 11 is 0.755. The number of carbonyl (C=O) groups is 1. The van der Waals surface area contributed by atoms with Crippen molar-refractivity contribution in [1.29, 1.82) is 0 Å². The smallest absolute Gasteiger partial charge is 0.351 e. The van der Waals surface area contributed by atoms with Crippen molar-refractivity contribution in [3.8, 4) is 0 Å². The second-order valence-corrected chi connectivity index (χ2v) is 9.23. The summed E-state index contributed by atoms with van der Waals surface area (Å²) in [5, 5.41) is 13.7. The number of hydrogen-bond acceptors (Lipinski definition) is 6. The van der Waals surface area contributed by atoms with E-state index in [4.69, 9.17) is 0 Å². The largest absolute Gasteiger partial charge is 0.416 e. The molecular weight excluding hydrogens is 459 g/mol. The molecular formula is C18H18F3N3O5S2. The highest BCUT2D eigenvalue weighted by Gasteiger charge is 2.33. The highest BCUT2D eigenvalue weighted by atomic mass is 32.2. The van der Waals surface area contributed by atoms with Crippen LogP contribution in [0.5, 0.6) is 0 Å². The molecule has 0 aromatic heterocycles. The maximum atomic E-state index is 12.7. The first kappa shape index (κ1) is 24.6. The van der Waals surface area contributed by atoms with Crippen molar-refractivity contribution in [2.75, 3.05) is 12.8 Å². The third-order valence-corrected chi connectivity index (χ3v) is 6.42. The van der Waals surface area contributed by atoms with E-state index >= 15 is 0 Å². The Hall–Kier alpha value is -2.64. The maximum Gasteiger partial charge on any atom is 0.416 e. The Balaban J connectivity index is 1.93. The lowest BCUT2D eigenvalue weighted by Gasteiger charge is -2.09. The van der Waals surface area contributed by atoms with Crippen LogP contribution in [0.25, 0.3) is 0 Å². The summed E-state index contributed by atoms with van der Waals surface area (Å²) in [6.45, 7) is 0.132. The lowest BCUT2D eigenvalue weighted by atomic mass is 10.1. The highest BCUT2D eigenvalue weighted by molar-refractivity contribution is 8.00. The third kappa shape index (κ3) is 7.52. The molecule has 0 saturated heterocycles. The molecule has 0 radical (unpaired) electrons. The van der Waals surface area contributed by atoms with Gasteiger partial charge < -0.3 is 5.32 Å². The number of nitro benzene ring substituents is 1. The van der Waals surface area contributed by atoms with E-state index in [2.05, 4.69) is 10.0 Å². The first-order valence-corrected chi connectivity index (χ1v) is 11.3. The first-order valence-electron chi connectivity index (χ1n) is 8.65. The molecule has 2 aromatic rings. The van der Waals surface area contributed by atoms with E-state index in [0.29, 0.717) is 17.2 Å². The van der Waals surface area contributed by atoms with Crippen molar-refractivity contribution in [2.45, 2.75) is 23.4 Å². The molecule has 0 spiro atoms. The second-order valence-electron chi connectivity index (χ2n) is 6.28. The maximum absolute atomic E-state index is 12.7. The summed E-state index contributed by atoms with van der Waals surface area (Å²) in [5.74, 6) is -0.885. The topological polar surface area (TPSA) is 118 Å². The second kappa shape index (κ2) is 10.1. The molecule has 0 fully saturated rings. The molecule has 0 aliphatic heterocycles. The van der Waals surface area contributed by atoms with E-state index in [-0.39, 0.29) is 22.9 Å². The van der Waals surface area contributed by atoms with Crippen LogP contribution in [0.15, 0.2) is 47.4 Å². The highest BCUT2D eigenvalue weighted by Crippen LogP contribution is 2.36. The van der Waals surface area contributed by atoms with Gasteiger partial charge in [-0.25, -0.2) is 13.1 Å². The minimum atomic E-state index is -4.71. The lowest BCUT2D eigenvalue weighted by Crippen LogP contribution is -2.24. The zero-order valence-corrected chi connectivity index (χ0v) is 17.7. The Morgan fingerprint density at radius 2 is 1.74 bits per heavy atom. The van der Waals surface area contributed by atoms with E-state index < -0.39 is 38.3 Å². The van der Waals surface area contributed by atoms with Gasteiger partial charge in [0.15, 0.2) is 0 Å². The number of thioether (sulfide) groups is 1. The van der Waals surface area contributed by atoms with E-state index in [1.165, 1.54) is 7.05 Å². The van der Waals surface area contributed by atoms with Gasteiger partial charge in [0.25, 0.3) is 5.69 Å². The quantitative estimate of drug-likeness (QED) is 0.326. The van der Waals surface area contributed by atoms with Gasteiger partial charge in [0.2, 0.25) is 15.9 Å². The van der Waals surface area contributed by atoms with Crippen molar-refractivity contribution in [3.05, 3.63) is 69.3 Å². The minimum absolute atomic E-state index is 0.0526. The number of sulfonamides is 1. The van der Waals surface area contributed by atoms with Crippen molar-refractivity contribution in [2.24, 2.45) is 0 Å². The van der Waals surface area contributed by atoms with Crippen molar-refractivity contribution >= 4 is 33.4 Å². The van der Waals surface area contributed by atoms with Gasteiger partial charge in [-0.2, -0.15) is 13.2 Å². The normalized spacial score (nSPS) is 11.9. The molecule has 0 aliphatic carbocycles. The fraction of sp³-hybridized carbons (Fsp3) is 0.278. The summed E-state index contributed by atoms with van der Waals surface area (Å²) in [7, 11) is -2.08. The molecule has 8 nitrogen and oxygen atoms in total. The average Bonchev–Trinajstić information content (AvgIpc) is 2.70. The van der Waals surface area contributed by atoms with Crippen LogP contribution in [0.4, 0.5) is 18.9 Å². The standard InChI is InChI=1S/C18H18F3N3O5S2/c1-22-31(28,29)11-13-4-2-12(3-5-13)9-23-17(25)10-30-16-7-6-14(18(19,20)21)8-15(16)24(26)27/h2-8,22H,9-11H2,1H3,(H,23,25). The summed E-state index contributed by atoms with van der Waals surface area (Å²) in [6.07, 6.45) is -4.71. The Kier molecular flexibility index (Phi) is 8.03. The van der Waals surface area contributed by atoms with Crippen LogP contribution in [0.3, 0.4) is 0 Å². The van der Waals surface area contributed by atoms with Crippen LogP contribution in [0, 0.1) is 10.1 Å². The monoisotopic (exact) mass is 477 g/mol. The van der Waals surface area contributed by atoms with Gasteiger partial charge in [-0.15, -0.1) is 11.8 Å². The van der Waals surface area contributed by atoms with Gasteiger partial charge in [-0.05, 0) is 30.3 Å². The van der Waals surface area contributed by atoms with E-state index in [1.807, 2.05) is 0 Å². The average molecular weight is 477 g/mol. The van der Waals surface area contributed by atoms with Gasteiger partial charge in [-0.1, -0.05) is 24.3 Å². The van der Waals surface area contributed by atoms with Crippen LogP contribution in [-0.2, 0) is 33.3 Å². The summed E-state index contributed by atoms with van der Waals surface area (Å²) in [6, 6.07) is 8.65. The molecule has 0 aliphatic rings. The Bertz CT molecular complexity index is 1060. The predicted molar refractivity (Wildman–Crippen MR) is 109 cm³/mol. The number of nitrogens with zero attached hydrogens (tertiary/aromatic N) is 1. The van der Waals surface area contributed by atoms with E-state index in [0.717, 1.165) is 23.9 Å². The molecule has 31 heavy (non-hydrogen) atoms. The van der Waals surface area contributed by atoms with Crippen LogP contribution in [0.2, 0.25) is 0 Å². The molecule has 2 N–H and O–H groups in total. The number of carbonyl (C=O) groups excluding carboxylic acids is 1.